The van der Waals surface area contributed by atoms with Crippen LogP contribution in [-0.4, -0.2) is 31.8 Å². The van der Waals surface area contributed by atoms with Crippen LogP contribution in [0.2, 0.25) is 5.02 Å². The quantitative estimate of drug-likeness (QED) is 0.311. The molecule has 1 rings (SSSR count). The third-order valence-electron chi connectivity index (χ3n) is 3.91. The molecule has 6 heteroatoms. The summed E-state index contributed by atoms with van der Waals surface area (Å²) in [5, 5.41) is 0.461. The molecule has 0 aliphatic carbocycles. The Balaban J connectivity index is 2.27. The number of ketones is 2. The minimum absolute atomic E-state index is 0.0716. The number of unbranched alkanes of at least 4 members (excludes halogenated alkanes) is 3. The largest absolute Gasteiger partial charge is 0.496 e. The molecule has 1 aromatic rings. The van der Waals surface area contributed by atoms with Crippen molar-refractivity contribution in [2.24, 2.45) is 0 Å². The molecule has 0 amide bonds. The second kappa shape index (κ2) is 11.6. The number of ether oxygens (including phenoxy) is 2. The second-order valence-electron chi connectivity index (χ2n) is 5.80. The zero-order valence-electron chi connectivity index (χ0n) is 14.8. The Morgan fingerprint density at radius 1 is 0.920 bits per heavy atom. The molecule has 5 nitrogen and oxygen atoms in total. The molecule has 0 saturated heterocycles. The fourth-order valence-corrected chi connectivity index (χ4v) is 2.63. The molecule has 0 unspecified atom stereocenters. The summed E-state index contributed by atoms with van der Waals surface area (Å²) < 4.78 is 9.73. The molecule has 0 aliphatic heterocycles. The first-order valence-corrected chi connectivity index (χ1v) is 8.81. The Hall–Kier alpha value is -1.88. The summed E-state index contributed by atoms with van der Waals surface area (Å²) in [4.78, 5) is 35.1. The first-order chi connectivity index (χ1) is 12.0. The first-order valence-electron chi connectivity index (χ1n) is 8.43. The van der Waals surface area contributed by atoms with Crippen LogP contribution in [-0.2, 0) is 14.3 Å². The van der Waals surface area contributed by atoms with E-state index in [4.69, 9.17) is 16.3 Å². The molecule has 0 aromatic heterocycles. The fourth-order valence-electron chi connectivity index (χ4n) is 2.46. The van der Waals surface area contributed by atoms with Crippen molar-refractivity contribution in [3.8, 4) is 5.75 Å². The van der Waals surface area contributed by atoms with Gasteiger partial charge in [-0.1, -0.05) is 24.4 Å². The van der Waals surface area contributed by atoms with Gasteiger partial charge in [0.05, 0.1) is 19.8 Å². The van der Waals surface area contributed by atoms with Crippen LogP contribution in [0, 0.1) is 0 Å². The van der Waals surface area contributed by atoms with Crippen molar-refractivity contribution in [2.75, 3.05) is 14.2 Å². The molecule has 1 aromatic carbocycles. The minimum atomic E-state index is -0.203. The smallest absolute Gasteiger partial charge is 0.305 e. The van der Waals surface area contributed by atoms with Crippen molar-refractivity contribution >= 4 is 29.1 Å². The predicted octanol–water partition coefficient (Wildman–Crippen LogP) is 4.39. The highest BCUT2D eigenvalue weighted by atomic mass is 35.5. The van der Waals surface area contributed by atoms with Crippen molar-refractivity contribution in [3.63, 3.8) is 0 Å². The van der Waals surface area contributed by atoms with E-state index in [1.807, 2.05) is 0 Å². The van der Waals surface area contributed by atoms with E-state index >= 15 is 0 Å². The molecule has 0 fully saturated rings. The number of rotatable bonds is 12. The van der Waals surface area contributed by atoms with E-state index in [1.54, 1.807) is 18.2 Å². The maximum absolute atomic E-state index is 12.3. The Morgan fingerprint density at radius 2 is 1.60 bits per heavy atom. The molecule has 0 atom stereocenters. The van der Waals surface area contributed by atoms with Gasteiger partial charge in [0.1, 0.15) is 11.5 Å². The van der Waals surface area contributed by atoms with E-state index in [2.05, 4.69) is 4.74 Å². The van der Waals surface area contributed by atoms with Gasteiger partial charge in [-0.25, -0.2) is 0 Å². The molecule has 0 N–H and O–H groups in total. The highest BCUT2D eigenvalue weighted by Gasteiger charge is 2.14. The molecular formula is C19H25ClO5. The Labute approximate surface area is 153 Å². The first kappa shape index (κ1) is 21.2. The van der Waals surface area contributed by atoms with Crippen LogP contribution in [0.1, 0.15) is 61.7 Å². The van der Waals surface area contributed by atoms with Crippen molar-refractivity contribution in [3.05, 3.63) is 28.8 Å². The van der Waals surface area contributed by atoms with Gasteiger partial charge in [0.2, 0.25) is 0 Å². The van der Waals surface area contributed by atoms with E-state index in [1.165, 1.54) is 14.2 Å². The summed E-state index contributed by atoms with van der Waals surface area (Å²) >= 11 is 5.92. The van der Waals surface area contributed by atoms with Gasteiger partial charge >= 0.3 is 5.97 Å². The van der Waals surface area contributed by atoms with Crippen LogP contribution in [0.4, 0.5) is 0 Å². The second-order valence-corrected chi connectivity index (χ2v) is 6.23. The number of carbonyl (C=O) groups is 3. The van der Waals surface area contributed by atoms with Gasteiger partial charge < -0.3 is 9.47 Å². The number of hydrogen-bond acceptors (Lipinski definition) is 5. The van der Waals surface area contributed by atoms with E-state index < -0.39 is 0 Å². The van der Waals surface area contributed by atoms with Crippen LogP contribution in [0.25, 0.3) is 0 Å². The summed E-state index contributed by atoms with van der Waals surface area (Å²) in [5.41, 5.74) is 0.408. The molecule has 0 spiro atoms. The van der Waals surface area contributed by atoms with Gasteiger partial charge in [-0.2, -0.15) is 0 Å². The van der Waals surface area contributed by atoms with Gasteiger partial charge in [0.25, 0.3) is 0 Å². The number of benzene rings is 1. The Bertz CT molecular complexity index is 597. The number of hydrogen-bond donors (Lipinski definition) is 0. The lowest BCUT2D eigenvalue weighted by Gasteiger charge is -2.08. The van der Waals surface area contributed by atoms with Crippen LogP contribution in [0.15, 0.2) is 18.2 Å². The van der Waals surface area contributed by atoms with E-state index in [9.17, 15) is 14.4 Å². The lowest BCUT2D eigenvalue weighted by molar-refractivity contribution is -0.140. The maximum atomic E-state index is 12.3. The summed E-state index contributed by atoms with van der Waals surface area (Å²) in [6, 6.07) is 4.86. The van der Waals surface area contributed by atoms with E-state index in [0.29, 0.717) is 29.2 Å². The zero-order chi connectivity index (χ0) is 18.7. The lowest BCUT2D eigenvalue weighted by atomic mass is 10.0. The van der Waals surface area contributed by atoms with Gasteiger partial charge in [0.15, 0.2) is 5.78 Å². The Kier molecular flexibility index (Phi) is 9.85. The number of halogens is 1. The number of methoxy groups -OCH3 is 2. The molecule has 0 saturated carbocycles. The maximum Gasteiger partial charge on any atom is 0.305 e. The molecule has 138 valence electrons. The zero-order valence-corrected chi connectivity index (χ0v) is 15.6. The SMILES string of the molecule is COC(=O)CCCCCCC(=O)CCC(=O)c1cc(Cl)ccc1OC. The summed E-state index contributed by atoms with van der Waals surface area (Å²) in [7, 11) is 2.87. The van der Waals surface area contributed by atoms with Gasteiger partial charge in [-0.05, 0) is 31.0 Å². The van der Waals surface area contributed by atoms with Crippen LogP contribution in [0.3, 0.4) is 0 Å². The minimum Gasteiger partial charge on any atom is -0.496 e. The topological polar surface area (TPSA) is 69.7 Å². The highest BCUT2D eigenvalue weighted by molar-refractivity contribution is 6.31. The number of Topliss-reactive ketones (excluding diaryl/α,β-unsaturated/α-hetero) is 2. The molecule has 0 bridgehead atoms. The normalized spacial score (nSPS) is 10.4. The number of carbonyl (C=O) groups excluding carboxylic acids is 3. The van der Waals surface area contributed by atoms with E-state index in [-0.39, 0.29) is 30.4 Å². The van der Waals surface area contributed by atoms with E-state index in [0.717, 1.165) is 25.7 Å². The van der Waals surface area contributed by atoms with Gasteiger partial charge in [-0.3, -0.25) is 14.4 Å². The average molecular weight is 369 g/mol. The predicted molar refractivity (Wildman–Crippen MR) is 96.3 cm³/mol. The monoisotopic (exact) mass is 368 g/mol. The third kappa shape index (κ3) is 8.16. The summed E-state index contributed by atoms with van der Waals surface area (Å²) in [6.45, 7) is 0. The van der Waals surface area contributed by atoms with Crippen LogP contribution >= 0.6 is 11.6 Å². The molecular weight excluding hydrogens is 344 g/mol. The molecule has 0 aliphatic rings. The van der Waals surface area contributed by atoms with Gasteiger partial charge in [0, 0.05) is 30.7 Å². The molecule has 0 heterocycles. The molecule has 25 heavy (non-hydrogen) atoms. The van der Waals surface area contributed by atoms with Crippen molar-refractivity contribution in [1.29, 1.82) is 0 Å². The average Bonchev–Trinajstić information content (AvgIpc) is 2.62. The summed E-state index contributed by atoms with van der Waals surface area (Å²) in [6.07, 6.45) is 4.57. The lowest BCUT2D eigenvalue weighted by Crippen LogP contribution is -2.06. The standard InChI is InChI=1S/C19H25ClO5/c1-24-18-12-9-14(20)13-16(18)17(22)11-10-15(21)7-5-3-4-6-8-19(23)25-2/h9,12-13H,3-8,10-11H2,1-2H3. The Morgan fingerprint density at radius 3 is 2.24 bits per heavy atom. The molecule has 0 radical (unpaired) electrons. The van der Waals surface area contributed by atoms with Crippen molar-refractivity contribution in [1.82, 2.24) is 0 Å². The number of esters is 1. The fraction of sp³-hybridized carbons (Fsp3) is 0.526. The highest BCUT2D eigenvalue weighted by Crippen LogP contribution is 2.24. The van der Waals surface area contributed by atoms with Gasteiger partial charge in [-0.15, -0.1) is 0 Å². The van der Waals surface area contributed by atoms with Crippen LogP contribution in [0.5, 0.6) is 5.75 Å². The van der Waals surface area contributed by atoms with Crippen LogP contribution < -0.4 is 4.74 Å². The summed E-state index contributed by atoms with van der Waals surface area (Å²) in [5.74, 6) is 0.187. The van der Waals surface area contributed by atoms with Crippen molar-refractivity contribution < 1.29 is 23.9 Å². The van der Waals surface area contributed by atoms with Crippen molar-refractivity contribution in [2.45, 2.75) is 51.4 Å². The third-order valence-corrected chi connectivity index (χ3v) is 4.14.